The normalized spacial score (nSPS) is 10.0. The summed E-state index contributed by atoms with van der Waals surface area (Å²) < 4.78 is 0. The predicted octanol–water partition coefficient (Wildman–Crippen LogP) is 2.67. The molecule has 0 bridgehead atoms. The van der Waals surface area contributed by atoms with Crippen molar-refractivity contribution in [2.45, 2.75) is 0 Å². The quantitative estimate of drug-likeness (QED) is 0.431. The van der Waals surface area contributed by atoms with E-state index in [4.69, 9.17) is 16.9 Å². The molecular weight excluding hydrogens is 230 g/mol. The van der Waals surface area contributed by atoms with Gasteiger partial charge in [-0.25, -0.2) is 4.98 Å². The molecule has 0 unspecified atom stereocenters. The standard InChI is InChI=1S/C10H4ClN3O2/c11-10-3-6(5-12)8-4-7(14(15)16)1-2-9(8)13-10/h1-4H. The lowest BCUT2D eigenvalue weighted by Gasteiger charge is -2.00. The van der Waals surface area contributed by atoms with Crippen LogP contribution in [0.25, 0.3) is 10.9 Å². The molecule has 0 spiro atoms. The van der Waals surface area contributed by atoms with Gasteiger partial charge in [0.2, 0.25) is 0 Å². The number of nitriles is 1. The minimum Gasteiger partial charge on any atom is -0.258 e. The number of halogens is 1. The number of fused-ring (bicyclic) bond motifs is 1. The summed E-state index contributed by atoms with van der Waals surface area (Å²) in [5, 5.41) is 20.1. The zero-order valence-corrected chi connectivity index (χ0v) is 8.60. The van der Waals surface area contributed by atoms with E-state index in [1.54, 1.807) is 0 Å². The van der Waals surface area contributed by atoms with Gasteiger partial charge in [-0.2, -0.15) is 5.26 Å². The number of nitro benzene ring substituents is 1. The topological polar surface area (TPSA) is 79.8 Å². The van der Waals surface area contributed by atoms with Gasteiger partial charge in [-0.15, -0.1) is 0 Å². The maximum absolute atomic E-state index is 10.6. The first-order chi connectivity index (χ1) is 7.61. The first kappa shape index (κ1) is 10.3. The van der Waals surface area contributed by atoms with Gasteiger partial charge in [-0.3, -0.25) is 10.1 Å². The molecule has 1 aromatic heterocycles. The highest BCUT2D eigenvalue weighted by atomic mass is 35.5. The van der Waals surface area contributed by atoms with Gasteiger partial charge in [-0.05, 0) is 12.1 Å². The first-order valence-corrected chi connectivity index (χ1v) is 4.64. The van der Waals surface area contributed by atoms with E-state index in [1.807, 2.05) is 6.07 Å². The molecule has 0 aliphatic rings. The third kappa shape index (κ3) is 1.66. The van der Waals surface area contributed by atoms with Crippen molar-refractivity contribution in [3.05, 3.63) is 45.1 Å². The second-order valence-electron chi connectivity index (χ2n) is 3.06. The Labute approximate surface area is 95.0 Å². The maximum atomic E-state index is 10.6. The number of nitro groups is 1. The number of non-ortho nitro benzene ring substituents is 1. The Morgan fingerprint density at radius 1 is 1.44 bits per heavy atom. The molecule has 6 heteroatoms. The van der Waals surface area contributed by atoms with Crippen molar-refractivity contribution in [1.29, 1.82) is 5.26 Å². The lowest BCUT2D eigenvalue weighted by atomic mass is 10.1. The summed E-state index contributed by atoms with van der Waals surface area (Å²) in [5.41, 5.74) is 0.668. The highest BCUT2D eigenvalue weighted by Crippen LogP contribution is 2.24. The van der Waals surface area contributed by atoms with Crippen LogP contribution in [-0.2, 0) is 0 Å². The van der Waals surface area contributed by atoms with Crippen LogP contribution >= 0.6 is 11.6 Å². The highest BCUT2D eigenvalue weighted by molar-refractivity contribution is 6.30. The second-order valence-corrected chi connectivity index (χ2v) is 3.45. The number of pyridine rings is 1. The minimum atomic E-state index is -0.519. The van der Waals surface area contributed by atoms with Gasteiger partial charge < -0.3 is 0 Å². The molecular formula is C10H4ClN3O2. The van der Waals surface area contributed by atoms with Crippen molar-refractivity contribution in [3.8, 4) is 6.07 Å². The van der Waals surface area contributed by atoms with Crippen LogP contribution < -0.4 is 0 Å². The summed E-state index contributed by atoms with van der Waals surface area (Å²) in [6.07, 6.45) is 0. The molecule has 0 saturated carbocycles. The van der Waals surface area contributed by atoms with Crippen molar-refractivity contribution in [1.82, 2.24) is 4.98 Å². The van der Waals surface area contributed by atoms with E-state index in [1.165, 1.54) is 24.3 Å². The van der Waals surface area contributed by atoms with Crippen LogP contribution in [0.2, 0.25) is 5.15 Å². The lowest BCUT2D eigenvalue weighted by Crippen LogP contribution is -1.90. The molecule has 0 aliphatic heterocycles. The number of aromatic nitrogens is 1. The van der Waals surface area contributed by atoms with E-state index in [0.717, 1.165) is 0 Å². The van der Waals surface area contributed by atoms with E-state index in [-0.39, 0.29) is 16.4 Å². The number of rotatable bonds is 1. The summed E-state index contributed by atoms with van der Waals surface area (Å²) in [6, 6.07) is 7.43. The predicted molar refractivity (Wildman–Crippen MR) is 58.1 cm³/mol. The molecule has 1 aromatic carbocycles. The fourth-order valence-corrected chi connectivity index (χ4v) is 1.59. The van der Waals surface area contributed by atoms with Crippen molar-refractivity contribution in [2.24, 2.45) is 0 Å². The Bertz CT molecular complexity index is 634. The third-order valence-corrected chi connectivity index (χ3v) is 2.29. The van der Waals surface area contributed by atoms with Crippen LogP contribution in [0.15, 0.2) is 24.3 Å². The summed E-state index contributed by atoms with van der Waals surface area (Å²) in [5.74, 6) is 0. The Hall–Kier alpha value is -2.19. The molecule has 0 fully saturated rings. The second kappa shape index (κ2) is 3.76. The Morgan fingerprint density at radius 3 is 2.81 bits per heavy atom. The zero-order chi connectivity index (χ0) is 11.7. The zero-order valence-electron chi connectivity index (χ0n) is 7.85. The Balaban J connectivity index is 2.82. The van der Waals surface area contributed by atoms with Crippen LogP contribution in [-0.4, -0.2) is 9.91 Å². The fraction of sp³-hybridized carbons (Fsp3) is 0. The molecule has 0 radical (unpaired) electrons. The van der Waals surface area contributed by atoms with Crippen molar-refractivity contribution in [3.63, 3.8) is 0 Å². The van der Waals surface area contributed by atoms with Crippen LogP contribution in [0.3, 0.4) is 0 Å². The van der Waals surface area contributed by atoms with Crippen molar-refractivity contribution in [2.75, 3.05) is 0 Å². The molecule has 5 nitrogen and oxygen atoms in total. The Kier molecular flexibility index (Phi) is 2.43. The largest absolute Gasteiger partial charge is 0.270 e. The van der Waals surface area contributed by atoms with Gasteiger partial charge in [0.25, 0.3) is 5.69 Å². The van der Waals surface area contributed by atoms with Crippen molar-refractivity contribution >= 4 is 28.2 Å². The smallest absolute Gasteiger partial charge is 0.258 e. The van der Waals surface area contributed by atoms with E-state index < -0.39 is 4.92 Å². The molecule has 0 saturated heterocycles. The van der Waals surface area contributed by atoms with Crippen LogP contribution in [0.1, 0.15) is 5.56 Å². The number of nitrogens with zero attached hydrogens (tertiary/aromatic N) is 3. The summed E-state index contributed by atoms with van der Waals surface area (Å²) >= 11 is 5.71. The fourth-order valence-electron chi connectivity index (χ4n) is 1.39. The average Bonchev–Trinajstić information content (AvgIpc) is 2.27. The number of benzene rings is 1. The van der Waals surface area contributed by atoms with Gasteiger partial charge >= 0.3 is 0 Å². The molecule has 0 amide bonds. The third-order valence-electron chi connectivity index (χ3n) is 2.09. The molecule has 2 aromatic rings. The monoisotopic (exact) mass is 233 g/mol. The molecule has 1 heterocycles. The molecule has 2 rings (SSSR count). The minimum absolute atomic E-state index is 0.0758. The van der Waals surface area contributed by atoms with E-state index in [9.17, 15) is 10.1 Å². The molecule has 0 N–H and O–H groups in total. The molecule has 0 aliphatic carbocycles. The highest BCUT2D eigenvalue weighted by Gasteiger charge is 2.10. The SMILES string of the molecule is N#Cc1cc(Cl)nc2ccc([N+](=O)[O-])cc12. The van der Waals surface area contributed by atoms with Crippen molar-refractivity contribution < 1.29 is 4.92 Å². The van der Waals surface area contributed by atoms with E-state index >= 15 is 0 Å². The average molecular weight is 234 g/mol. The molecule has 16 heavy (non-hydrogen) atoms. The van der Waals surface area contributed by atoms with Crippen LogP contribution in [0.4, 0.5) is 5.69 Å². The van der Waals surface area contributed by atoms with Gasteiger partial charge in [0.1, 0.15) is 5.15 Å². The van der Waals surface area contributed by atoms with E-state index in [0.29, 0.717) is 10.9 Å². The first-order valence-electron chi connectivity index (χ1n) is 4.26. The molecule has 78 valence electrons. The lowest BCUT2D eigenvalue weighted by molar-refractivity contribution is -0.384. The summed E-state index contributed by atoms with van der Waals surface area (Å²) in [6.45, 7) is 0. The van der Waals surface area contributed by atoms with Gasteiger partial charge in [0.15, 0.2) is 0 Å². The molecule has 0 atom stereocenters. The van der Waals surface area contributed by atoms with Gasteiger partial charge in [0, 0.05) is 17.5 Å². The van der Waals surface area contributed by atoms with E-state index in [2.05, 4.69) is 4.98 Å². The van der Waals surface area contributed by atoms with Gasteiger partial charge in [-0.1, -0.05) is 11.6 Å². The van der Waals surface area contributed by atoms with Gasteiger partial charge in [0.05, 0.1) is 22.1 Å². The summed E-state index contributed by atoms with van der Waals surface area (Å²) in [4.78, 5) is 14.0. The van der Waals surface area contributed by atoms with Crippen LogP contribution in [0, 0.1) is 21.4 Å². The van der Waals surface area contributed by atoms with Crippen LogP contribution in [0.5, 0.6) is 0 Å². The number of hydrogen-bond donors (Lipinski definition) is 0. The maximum Gasteiger partial charge on any atom is 0.270 e. The number of hydrogen-bond acceptors (Lipinski definition) is 4. The summed E-state index contributed by atoms with van der Waals surface area (Å²) in [7, 11) is 0. The Morgan fingerprint density at radius 2 is 2.19 bits per heavy atom.